The van der Waals surface area contributed by atoms with Crippen LogP contribution in [0.4, 0.5) is 10.6 Å². The molecule has 1 aliphatic rings. The number of hydrogen-bond donors (Lipinski definition) is 2. The van der Waals surface area contributed by atoms with Gasteiger partial charge in [-0.25, -0.2) is 14.6 Å². The van der Waals surface area contributed by atoms with E-state index in [0.29, 0.717) is 12.4 Å². The van der Waals surface area contributed by atoms with E-state index >= 15 is 0 Å². The van der Waals surface area contributed by atoms with Crippen LogP contribution >= 0.6 is 0 Å². The van der Waals surface area contributed by atoms with Crippen molar-refractivity contribution in [3.05, 3.63) is 23.9 Å². The van der Waals surface area contributed by atoms with Crippen LogP contribution < -0.4 is 10.2 Å². The SMILES string of the molecule is CC(C)(C)OC(=O)N[C@H]1CCCN(c2ccc(C(=O)O)cn2)C1. The fourth-order valence-corrected chi connectivity index (χ4v) is 2.48. The number of carboxylic acids is 1. The molecule has 1 aliphatic heterocycles. The van der Waals surface area contributed by atoms with Crippen LogP contribution in [0.3, 0.4) is 0 Å². The molecule has 126 valence electrons. The Labute approximate surface area is 135 Å². The molecular weight excluding hydrogens is 298 g/mol. The van der Waals surface area contributed by atoms with E-state index in [1.54, 1.807) is 6.07 Å². The highest BCUT2D eigenvalue weighted by atomic mass is 16.6. The number of aromatic nitrogens is 1. The van der Waals surface area contributed by atoms with E-state index in [9.17, 15) is 9.59 Å². The Morgan fingerprint density at radius 1 is 1.39 bits per heavy atom. The van der Waals surface area contributed by atoms with Gasteiger partial charge in [-0.3, -0.25) is 0 Å². The van der Waals surface area contributed by atoms with Crippen molar-refractivity contribution in [2.24, 2.45) is 0 Å². The van der Waals surface area contributed by atoms with Crippen LogP contribution in [0.1, 0.15) is 44.0 Å². The first-order valence-electron chi connectivity index (χ1n) is 7.68. The van der Waals surface area contributed by atoms with E-state index in [-0.39, 0.29) is 11.6 Å². The minimum Gasteiger partial charge on any atom is -0.478 e. The summed E-state index contributed by atoms with van der Waals surface area (Å²) in [5.74, 6) is -0.280. The molecule has 0 spiro atoms. The van der Waals surface area contributed by atoms with Gasteiger partial charge in [-0.05, 0) is 45.7 Å². The summed E-state index contributed by atoms with van der Waals surface area (Å²) in [7, 11) is 0. The maximum atomic E-state index is 11.9. The van der Waals surface area contributed by atoms with E-state index in [1.807, 2.05) is 25.7 Å². The highest BCUT2D eigenvalue weighted by molar-refractivity contribution is 5.87. The van der Waals surface area contributed by atoms with Gasteiger partial charge >= 0.3 is 12.1 Å². The van der Waals surface area contributed by atoms with Crippen molar-refractivity contribution in [2.45, 2.75) is 45.3 Å². The van der Waals surface area contributed by atoms with Crippen LogP contribution in [0.5, 0.6) is 0 Å². The van der Waals surface area contributed by atoms with Gasteiger partial charge in [-0.15, -0.1) is 0 Å². The van der Waals surface area contributed by atoms with Crippen LogP contribution in [0.2, 0.25) is 0 Å². The minimum absolute atomic E-state index is 0.0143. The predicted octanol–water partition coefficient (Wildman–Crippen LogP) is 2.27. The van der Waals surface area contributed by atoms with Gasteiger partial charge in [0.2, 0.25) is 0 Å². The number of aromatic carboxylic acids is 1. The van der Waals surface area contributed by atoms with Crippen molar-refractivity contribution in [3.8, 4) is 0 Å². The van der Waals surface area contributed by atoms with Crippen LogP contribution in [-0.2, 0) is 4.74 Å². The second-order valence-electron chi connectivity index (χ2n) is 6.64. The maximum Gasteiger partial charge on any atom is 0.407 e. The Morgan fingerprint density at radius 3 is 2.70 bits per heavy atom. The molecule has 0 aliphatic carbocycles. The summed E-state index contributed by atoms with van der Waals surface area (Å²) in [5.41, 5.74) is -0.360. The summed E-state index contributed by atoms with van der Waals surface area (Å²) in [4.78, 5) is 29.0. The number of carboxylic acid groups (broad SMARTS) is 1. The average molecular weight is 321 g/mol. The van der Waals surface area contributed by atoms with Crippen molar-refractivity contribution in [1.82, 2.24) is 10.3 Å². The molecule has 2 N–H and O–H groups in total. The molecular formula is C16H23N3O4. The molecule has 1 saturated heterocycles. The first-order valence-corrected chi connectivity index (χ1v) is 7.68. The number of carbonyl (C=O) groups excluding carboxylic acids is 1. The van der Waals surface area contributed by atoms with Crippen molar-refractivity contribution in [3.63, 3.8) is 0 Å². The molecule has 0 bridgehead atoms. The summed E-state index contributed by atoms with van der Waals surface area (Å²) in [6.45, 7) is 6.93. The third-order valence-electron chi connectivity index (χ3n) is 3.46. The quantitative estimate of drug-likeness (QED) is 0.887. The topological polar surface area (TPSA) is 91.8 Å². The van der Waals surface area contributed by atoms with Gasteiger partial charge in [0, 0.05) is 25.3 Å². The molecule has 0 unspecified atom stereocenters. The highest BCUT2D eigenvalue weighted by Gasteiger charge is 2.24. The van der Waals surface area contributed by atoms with Gasteiger partial charge in [0.1, 0.15) is 11.4 Å². The zero-order valence-electron chi connectivity index (χ0n) is 13.7. The molecule has 0 aromatic carbocycles. The summed E-state index contributed by atoms with van der Waals surface area (Å²) in [5, 5.41) is 11.8. The first-order chi connectivity index (χ1) is 10.7. The van der Waals surface area contributed by atoms with E-state index in [2.05, 4.69) is 10.3 Å². The van der Waals surface area contributed by atoms with Crippen molar-refractivity contribution < 1.29 is 19.4 Å². The van der Waals surface area contributed by atoms with E-state index in [4.69, 9.17) is 9.84 Å². The molecule has 7 nitrogen and oxygen atoms in total. The number of anilines is 1. The number of carbonyl (C=O) groups is 2. The molecule has 2 heterocycles. The third-order valence-corrected chi connectivity index (χ3v) is 3.46. The summed E-state index contributed by atoms with van der Waals surface area (Å²) < 4.78 is 5.27. The smallest absolute Gasteiger partial charge is 0.407 e. The van der Waals surface area contributed by atoms with Gasteiger partial charge in [-0.1, -0.05) is 0 Å². The fourth-order valence-electron chi connectivity index (χ4n) is 2.48. The molecule has 2 rings (SSSR count). The summed E-state index contributed by atoms with van der Waals surface area (Å²) in [6, 6.07) is 3.22. The van der Waals surface area contributed by atoms with Crippen molar-refractivity contribution in [2.75, 3.05) is 18.0 Å². The predicted molar refractivity (Wildman–Crippen MR) is 85.8 cm³/mol. The minimum atomic E-state index is -0.993. The Bertz CT molecular complexity index is 566. The normalized spacial score (nSPS) is 18.4. The number of amides is 1. The van der Waals surface area contributed by atoms with Crippen LogP contribution in [0, 0.1) is 0 Å². The lowest BCUT2D eigenvalue weighted by Crippen LogP contribution is -2.49. The molecule has 0 saturated carbocycles. The third kappa shape index (κ3) is 5.12. The lowest BCUT2D eigenvalue weighted by molar-refractivity contribution is 0.0499. The molecule has 7 heteroatoms. The van der Waals surface area contributed by atoms with Gasteiger partial charge in [-0.2, -0.15) is 0 Å². The molecule has 1 fully saturated rings. The molecule has 1 aromatic rings. The molecule has 1 aromatic heterocycles. The van der Waals surface area contributed by atoms with Crippen molar-refractivity contribution >= 4 is 17.9 Å². The lowest BCUT2D eigenvalue weighted by atomic mass is 10.1. The zero-order chi connectivity index (χ0) is 17.0. The molecule has 23 heavy (non-hydrogen) atoms. The second-order valence-corrected chi connectivity index (χ2v) is 6.64. The fraction of sp³-hybridized carbons (Fsp3) is 0.562. The second kappa shape index (κ2) is 6.85. The molecule has 1 atom stereocenters. The van der Waals surface area contributed by atoms with Crippen LogP contribution in [0.15, 0.2) is 18.3 Å². The average Bonchev–Trinajstić information content (AvgIpc) is 2.45. The number of ether oxygens (including phenoxy) is 1. The summed E-state index contributed by atoms with van der Waals surface area (Å²) >= 11 is 0. The monoisotopic (exact) mass is 321 g/mol. The van der Waals surface area contributed by atoms with Crippen LogP contribution in [-0.4, -0.2) is 46.9 Å². The van der Waals surface area contributed by atoms with Crippen LogP contribution in [0.25, 0.3) is 0 Å². The Kier molecular flexibility index (Phi) is 5.08. The van der Waals surface area contributed by atoms with Gasteiger partial charge in [0.25, 0.3) is 0 Å². The number of alkyl carbamates (subject to hydrolysis) is 1. The zero-order valence-corrected chi connectivity index (χ0v) is 13.7. The molecule has 0 radical (unpaired) electrons. The Morgan fingerprint density at radius 2 is 2.13 bits per heavy atom. The summed E-state index contributed by atoms with van der Waals surface area (Å²) in [6.07, 6.45) is 2.73. The maximum absolute atomic E-state index is 11.9. The Balaban J connectivity index is 1.95. The number of pyridine rings is 1. The first kappa shape index (κ1) is 17.1. The Hall–Kier alpha value is -2.31. The van der Waals surface area contributed by atoms with Gasteiger partial charge < -0.3 is 20.1 Å². The van der Waals surface area contributed by atoms with E-state index < -0.39 is 17.7 Å². The largest absolute Gasteiger partial charge is 0.478 e. The lowest BCUT2D eigenvalue weighted by Gasteiger charge is -2.34. The van der Waals surface area contributed by atoms with Gasteiger partial charge in [0.05, 0.1) is 5.56 Å². The number of nitrogens with one attached hydrogen (secondary N) is 1. The number of nitrogens with zero attached hydrogens (tertiary/aromatic N) is 2. The van der Waals surface area contributed by atoms with Gasteiger partial charge in [0.15, 0.2) is 0 Å². The number of rotatable bonds is 3. The number of hydrogen-bond acceptors (Lipinski definition) is 5. The van der Waals surface area contributed by atoms with Crippen molar-refractivity contribution in [1.29, 1.82) is 0 Å². The highest BCUT2D eigenvalue weighted by Crippen LogP contribution is 2.18. The molecule has 1 amide bonds. The van der Waals surface area contributed by atoms with E-state index in [0.717, 1.165) is 19.4 Å². The van der Waals surface area contributed by atoms with E-state index in [1.165, 1.54) is 12.3 Å². The standard InChI is InChI=1S/C16H23N3O4/c1-16(2,3)23-15(22)18-12-5-4-8-19(10-12)13-7-6-11(9-17-13)14(20)21/h6-7,9,12H,4-5,8,10H2,1-3H3,(H,18,22)(H,20,21)/t12-/m0/s1. The number of piperidine rings is 1.